The molecule has 0 atom stereocenters. The van der Waals surface area contributed by atoms with E-state index in [4.69, 9.17) is 9.84 Å². The molecule has 1 fully saturated rings. The van der Waals surface area contributed by atoms with Gasteiger partial charge in [-0.25, -0.2) is 14.8 Å². The molecule has 7 heteroatoms. The Hall–Kier alpha value is -2.15. The van der Waals surface area contributed by atoms with Crippen LogP contribution in [0.3, 0.4) is 0 Å². The maximum absolute atomic E-state index is 10.9. The molecule has 0 bridgehead atoms. The van der Waals surface area contributed by atoms with Gasteiger partial charge in [0.05, 0.1) is 6.10 Å². The average molecular weight is 290 g/mol. The van der Waals surface area contributed by atoms with Crippen LogP contribution in [0.2, 0.25) is 0 Å². The molecule has 0 saturated carbocycles. The van der Waals surface area contributed by atoms with Crippen molar-refractivity contribution in [1.82, 2.24) is 14.9 Å². The fourth-order valence-electron chi connectivity index (χ4n) is 2.51. The topological polar surface area (TPSA) is 78.8 Å². The SMILES string of the molecule is COC1CN(c2ncc(C3=CCN(C(=O)O)CC3)cn2)C1. The summed E-state index contributed by atoms with van der Waals surface area (Å²) in [4.78, 5) is 23.1. The molecule has 1 amide bonds. The van der Waals surface area contributed by atoms with Crippen LogP contribution in [0.1, 0.15) is 12.0 Å². The van der Waals surface area contributed by atoms with Crippen molar-refractivity contribution in [2.24, 2.45) is 0 Å². The smallest absolute Gasteiger partial charge is 0.407 e. The highest BCUT2D eigenvalue weighted by Gasteiger charge is 2.28. The van der Waals surface area contributed by atoms with E-state index in [9.17, 15) is 4.79 Å². The van der Waals surface area contributed by atoms with Crippen LogP contribution < -0.4 is 4.90 Å². The Balaban J connectivity index is 1.64. The molecule has 1 saturated heterocycles. The number of hydrogen-bond donors (Lipinski definition) is 1. The van der Waals surface area contributed by atoms with E-state index in [1.807, 2.05) is 18.5 Å². The van der Waals surface area contributed by atoms with Crippen LogP contribution in [-0.2, 0) is 4.74 Å². The Morgan fingerprint density at radius 3 is 2.62 bits per heavy atom. The predicted molar refractivity (Wildman–Crippen MR) is 77.2 cm³/mol. The maximum Gasteiger partial charge on any atom is 0.407 e. The van der Waals surface area contributed by atoms with Crippen LogP contribution in [0.15, 0.2) is 18.5 Å². The van der Waals surface area contributed by atoms with Crippen molar-refractivity contribution in [3.8, 4) is 0 Å². The lowest BCUT2D eigenvalue weighted by Gasteiger charge is -2.38. The Morgan fingerprint density at radius 2 is 2.10 bits per heavy atom. The first-order valence-corrected chi connectivity index (χ1v) is 6.94. The second-order valence-electron chi connectivity index (χ2n) is 5.24. The second kappa shape index (κ2) is 5.69. The largest absolute Gasteiger partial charge is 0.465 e. The summed E-state index contributed by atoms with van der Waals surface area (Å²) in [6.07, 6.45) is 5.65. The molecule has 1 aromatic heterocycles. The summed E-state index contributed by atoms with van der Waals surface area (Å²) in [7, 11) is 1.71. The lowest BCUT2D eigenvalue weighted by atomic mass is 10.0. The first-order valence-electron chi connectivity index (χ1n) is 6.94. The number of hydrogen-bond acceptors (Lipinski definition) is 5. The van der Waals surface area contributed by atoms with Crippen molar-refractivity contribution in [1.29, 1.82) is 0 Å². The summed E-state index contributed by atoms with van der Waals surface area (Å²) in [5.74, 6) is 0.718. The highest BCUT2D eigenvalue weighted by atomic mass is 16.5. The molecule has 0 aromatic carbocycles. The molecule has 1 aromatic rings. The molecular weight excluding hydrogens is 272 g/mol. The van der Waals surface area contributed by atoms with Gasteiger partial charge in [-0.15, -0.1) is 0 Å². The first kappa shape index (κ1) is 13.8. The predicted octanol–water partition coefficient (Wildman–Crippen LogP) is 1.08. The van der Waals surface area contributed by atoms with Crippen molar-refractivity contribution in [3.05, 3.63) is 24.0 Å². The van der Waals surface area contributed by atoms with Gasteiger partial charge in [0.2, 0.25) is 5.95 Å². The Kier molecular flexibility index (Phi) is 3.74. The van der Waals surface area contributed by atoms with Crippen LogP contribution in [-0.4, -0.2) is 65.5 Å². The van der Waals surface area contributed by atoms with Gasteiger partial charge in [-0.3, -0.25) is 0 Å². The molecule has 1 N–H and O–H groups in total. The molecule has 3 heterocycles. The summed E-state index contributed by atoms with van der Waals surface area (Å²) in [6.45, 7) is 2.59. The van der Waals surface area contributed by atoms with Crippen LogP contribution in [0.25, 0.3) is 5.57 Å². The van der Waals surface area contributed by atoms with Gasteiger partial charge >= 0.3 is 6.09 Å². The van der Waals surface area contributed by atoms with Crippen LogP contribution in [0.5, 0.6) is 0 Å². The van der Waals surface area contributed by atoms with Gasteiger partial charge in [-0.2, -0.15) is 0 Å². The van der Waals surface area contributed by atoms with E-state index < -0.39 is 6.09 Å². The van der Waals surface area contributed by atoms with Crippen molar-refractivity contribution in [3.63, 3.8) is 0 Å². The van der Waals surface area contributed by atoms with E-state index in [0.717, 1.165) is 30.2 Å². The number of nitrogens with zero attached hydrogens (tertiary/aromatic N) is 4. The standard InChI is InChI=1S/C14H18N4O3/c1-21-12-8-18(9-12)13-15-6-11(7-16-13)10-2-4-17(5-3-10)14(19)20/h2,6-7,12H,3-5,8-9H2,1H3,(H,19,20). The summed E-state index contributed by atoms with van der Waals surface area (Å²) in [5, 5.41) is 8.92. The van der Waals surface area contributed by atoms with Crippen molar-refractivity contribution >= 4 is 17.6 Å². The summed E-state index contributed by atoms with van der Waals surface area (Å²) >= 11 is 0. The van der Waals surface area contributed by atoms with E-state index in [0.29, 0.717) is 19.5 Å². The second-order valence-corrected chi connectivity index (χ2v) is 5.24. The van der Waals surface area contributed by atoms with E-state index in [-0.39, 0.29) is 6.10 Å². The quantitative estimate of drug-likeness (QED) is 0.897. The molecule has 112 valence electrons. The minimum absolute atomic E-state index is 0.274. The Labute approximate surface area is 122 Å². The van der Waals surface area contributed by atoms with Gasteiger partial charge in [-0.1, -0.05) is 6.08 Å². The zero-order valence-electron chi connectivity index (χ0n) is 11.9. The Bertz CT molecular complexity index is 552. The number of amides is 1. The molecule has 2 aliphatic rings. The molecule has 0 aliphatic carbocycles. The molecule has 3 rings (SSSR count). The van der Waals surface area contributed by atoms with Gasteiger partial charge in [0.25, 0.3) is 0 Å². The fourth-order valence-corrected chi connectivity index (χ4v) is 2.51. The van der Waals surface area contributed by atoms with E-state index in [1.54, 1.807) is 7.11 Å². The van der Waals surface area contributed by atoms with E-state index in [1.165, 1.54) is 4.90 Å². The maximum atomic E-state index is 10.9. The Morgan fingerprint density at radius 1 is 1.38 bits per heavy atom. The van der Waals surface area contributed by atoms with Crippen LogP contribution >= 0.6 is 0 Å². The fraction of sp³-hybridized carbons (Fsp3) is 0.500. The average Bonchev–Trinajstić information content (AvgIpc) is 2.47. The zero-order valence-corrected chi connectivity index (χ0v) is 11.9. The number of carboxylic acid groups (broad SMARTS) is 1. The normalized spacial score (nSPS) is 19.2. The van der Waals surface area contributed by atoms with E-state index in [2.05, 4.69) is 14.9 Å². The lowest BCUT2D eigenvalue weighted by molar-refractivity contribution is 0.0778. The highest BCUT2D eigenvalue weighted by molar-refractivity contribution is 5.70. The first-order chi connectivity index (χ1) is 10.2. The zero-order chi connectivity index (χ0) is 14.8. The minimum atomic E-state index is -0.873. The summed E-state index contributed by atoms with van der Waals surface area (Å²) in [5.41, 5.74) is 2.07. The number of anilines is 1. The van der Waals surface area contributed by atoms with Gasteiger partial charge in [0.1, 0.15) is 0 Å². The van der Waals surface area contributed by atoms with Crippen molar-refractivity contribution in [2.45, 2.75) is 12.5 Å². The summed E-state index contributed by atoms with van der Waals surface area (Å²) < 4.78 is 5.23. The minimum Gasteiger partial charge on any atom is -0.465 e. The molecule has 7 nitrogen and oxygen atoms in total. The number of aromatic nitrogens is 2. The third kappa shape index (κ3) is 2.82. The van der Waals surface area contributed by atoms with Gasteiger partial charge in [0, 0.05) is 51.2 Å². The van der Waals surface area contributed by atoms with Crippen molar-refractivity contribution in [2.75, 3.05) is 38.2 Å². The molecule has 21 heavy (non-hydrogen) atoms. The molecule has 0 unspecified atom stereocenters. The molecule has 0 spiro atoms. The van der Waals surface area contributed by atoms with Crippen LogP contribution in [0, 0.1) is 0 Å². The van der Waals surface area contributed by atoms with Crippen LogP contribution in [0.4, 0.5) is 10.7 Å². The molecule has 0 radical (unpaired) electrons. The number of rotatable bonds is 3. The number of ether oxygens (including phenoxy) is 1. The molecule has 2 aliphatic heterocycles. The van der Waals surface area contributed by atoms with Gasteiger partial charge in [-0.05, 0) is 12.0 Å². The van der Waals surface area contributed by atoms with E-state index >= 15 is 0 Å². The third-order valence-electron chi connectivity index (χ3n) is 3.95. The number of carbonyl (C=O) groups is 1. The third-order valence-corrected chi connectivity index (χ3v) is 3.95. The lowest BCUT2D eigenvalue weighted by Crippen LogP contribution is -2.52. The molecular formula is C14H18N4O3. The van der Waals surface area contributed by atoms with Gasteiger partial charge in [0.15, 0.2) is 0 Å². The highest BCUT2D eigenvalue weighted by Crippen LogP contribution is 2.23. The van der Waals surface area contributed by atoms with Gasteiger partial charge < -0.3 is 19.6 Å². The monoisotopic (exact) mass is 290 g/mol. The van der Waals surface area contributed by atoms with Crippen molar-refractivity contribution < 1.29 is 14.6 Å². The number of methoxy groups -OCH3 is 1. The summed E-state index contributed by atoms with van der Waals surface area (Å²) in [6, 6.07) is 0.